The van der Waals surface area contributed by atoms with Gasteiger partial charge in [0.1, 0.15) is 6.04 Å². The van der Waals surface area contributed by atoms with E-state index in [-0.39, 0.29) is 12.0 Å². The van der Waals surface area contributed by atoms with E-state index in [1.54, 1.807) is 18.3 Å². The molecule has 0 saturated heterocycles. The highest BCUT2D eigenvalue weighted by molar-refractivity contribution is 7.08. The first kappa shape index (κ1) is 15.7. The van der Waals surface area contributed by atoms with Crippen LogP contribution in [0, 0.1) is 11.3 Å². The lowest BCUT2D eigenvalue weighted by Crippen LogP contribution is -2.31. The lowest BCUT2D eigenvalue weighted by atomic mass is 10.1. The van der Waals surface area contributed by atoms with Gasteiger partial charge < -0.3 is 4.74 Å². The standard InChI is InChI=1S/C14H20N2O2S/c1-3-7-16(8-5-14(17)18-4-2)13(10-15)12-6-9-19-11-12/h6,9,11,13H,3-5,7-8H2,1-2H3. The van der Waals surface area contributed by atoms with E-state index in [9.17, 15) is 10.1 Å². The van der Waals surface area contributed by atoms with Crippen LogP contribution in [-0.4, -0.2) is 30.6 Å². The van der Waals surface area contributed by atoms with E-state index in [0.717, 1.165) is 18.5 Å². The first-order valence-electron chi connectivity index (χ1n) is 6.54. The van der Waals surface area contributed by atoms with E-state index < -0.39 is 0 Å². The quantitative estimate of drug-likeness (QED) is 0.687. The first-order chi connectivity index (χ1) is 9.22. The Bertz CT molecular complexity index is 412. The summed E-state index contributed by atoms with van der Waals surface area (Å²) >= 11 is 1.58. The molecule has 0 amide bonds. The summed E-state index contributed by atoms with van der Waals surface area (Å²) in [5.41, 5.74) is 1.00. The maximum absolute atomic E-state index is 11.4. The summed E-state index contributed by atoms with van der Waals surface area (Å²) < 4.78 is 4.93. The van der Waals surface area contributed by atoms with Crippen LogP contribution in [-0.2, 0) is 9.53 Å². The number of thiophene rings is 1. The molecule has 1 unspecified atom stereocenters. The summed E-state index contributed by atoms with van der Waals surface area (Å²) in [6.45, 7) is 5.62. The van der Waals surface area contributed by atoms with E-state index in [1.165, 1.54) is 0 Å². The highest BCUT2D eigenvalue weighted by Gasteiger charge is 2.20. The predicted molar refractivity (Wildman–Crippen MR) is 75.8 cm³/mol. The van der Waals surface area contributed by atoms with Crippen molar-refractivity contribution in [3.63, 3.8) is 0 Å². The van der Waals surface area contributed by atoms with Crippen LogP contribution in [0.4, 0.5) is 0 Å². The SMILES string of the molecule is CCCN(CCC(=O)OCC)C(C#N)c1ccsc1. The molecule has 1 rings (SSSR count). The van der Waals surface area contributed by atoms with E-state index in [2.05, 4.69) is 13.0 Å². The van der Waals surface area contributed by atoms with Crippen molar-refractivity contribution in [3.8, 4) is 6.07 Å². The van der Waals surface area contributed by atoms with Gasteiger partial charge in [-0.1, -0.05) is 6.92 Å². The highest BCUT2D eigenvalue weighted by atomic mass is 32.1. The van der Waals surface area contributed by atoms with Crippen molar-refractivity contribution < 1.29 is 9.53 Å². The molecule has 0 fully saturated rings. The van der Waals surface area contributed by atoms with Crippen LogP contribution in [0.25, 0.3) is 0 Å². The molecule has 1 aromatic heterocycles. The second kappa shape index (κ2) is 8.68. The summed E-state index contributed by atoms with van der Waals surface area (Å²) in [5.74, 6) is -0.203. The van der Waals surface area contributed by atoms with Crippen molar-refractivity contribution >= 4 is 17.3 Å². The molecule has 19 heavy (non-hydrogen) atoms. The second-order valence-electron chi connectivity index (χ2n) is 4.18. The zero-order valence-corrected chi connectivity index (χ0v) is 12.3. The van der Waals surface area contributed by atoms with E-state index in [1.807, 2.05) is 21.7 Å². The molecule has 4 nitrogen and oxygen atoms in total. The Morgan fingerprint density at radius 3 is 2.84 bits per heavy atom. The molecular weight excluding hydrogens is 260 g/mol. The fourth-order valence-corrected chi connectivity index (χ4v) is 2.60. The molecule has 104 valence electrons. The Labute approximate surface area is 118 Å². The molecule has 5 heteroatoms. The molecular formula is C14H20N2O2S. The lowest BCUT2D eigenvalue weighted by Gasteiger charge is -2.25. The number of esters is 1. The van der Waals surface area contributed by atoms with Gasteiger partial charge in [-0.05, 0) is 42.3 Å². The maximum Gasteiger partial charge on any atom is 0.307 e. The number of nitrogens with zero attached hydrogens (tertiary/aromatic N) is 2. The van der Waals surface area contributed by atoms with Gasteiger partial charge >= 0.3 is 5.97 Å². The van der Waals surface area contributed by atoms with Gasteiger partial charge in [-0.3, -0.25) is 9.69 Å². The van der Waals surface area contributed by atoms with Crippen molar-refractivity contribution in [2.24, 2.45) is 0 Å². The van der Waals surface area contributed by atoms with Crippen LogP contribution in [0.5, 0.6) is 0 Å². The Morgan fingerprint density at radius 2 is 2.32 bits per heavy atom. The lowest BCUT2D eigenvalue weighted by molar-refractivity contribution is -0.143. The first-order valence-corrected chi connectivity index (χ1v) is 7.48. The largest absolute Gasteiger partial charge is 0.466 e. The van der Waals surface area contributed by atoms with Crippen LogP contribution >= 0.6 is 11.3 Å². The van der Waals surface area contributed by atoms with E-state index in [0.29, 0.717) is 19.6 Å². The van der Waals surface area contributed by atoms with Crippen LogP contribution < -0.4 is 0 Å². The summed E-state index contributed by atoms with van der Waals surface area (Å²) in [7, 11) is 0. The van der Waals surface area contributed by atoms with Crippen molar-refractivity contribution in [3.05, 3.63) is 22.4 Å². The molecule has 0 spiro atoms. The molecule has 0 aliphatic heterocycles. The number of hydrogen-bond donors (Lipinski definition) is 0. The van der Waals surface area contributed by atoms with Gasteiger partial charge in [0.15, 0.2) is 0 Å². The molecule has 1 heterocycles. The minimum absolute atomic E-state index is 0.203. The minimum atomic E-state index is -0.277. The monoisotopic (exact) mass is 280 g/mol. The number of carbonyl (C=O) groups excluding carboxylic acids is 1. The topological polar surface area (TPSA) is 53.3 Å². The van der Waals surface area contributed by atoms with Gasteiger partial charge in [-0.25, -0.2) is 0 Å². The number of rotatable bonds is 8. The van der Waals surface area contributed by atoms with Gasteiger partial charge in [0.25, 0.3) is 0 Å². The van der Waals surface area contributed by atoms with Crippen molar-refractivity contribution in [2.75, 3.05) is 19.7 Å². The molecule has 1 aromatic rings. The Morgan fingerprint density at radius 1 is 1.53 bits per heavy atom. The van der Waals surface area contributed by atoms with Gasteiger partial charge in [0.2, 0.25) is 0 Å². The second-order valence-corrected chi connectivity index (χ2v) is 4.96. The van der Waals surface area contributed by atoms with Crippen molar-refractivity contribution in [1.29, 1.82) is 5.26 Å². The van der Waals surface area contributed by atoms with Gasteiger partial charge in [-0.2, -0.15) is 16.6 Å². The van der Waals surface area contributed by atoms with Crippen LogP contribution in [0.3, 0.4) is 0 Å². The fourth-order valence-electron chi connectivity index (χ4n) is 1.92. The molecule has 0 N–H and O–H groups in total. The van der Waals surface area contributed by atoms with Gasteiger partial charge in [-0.15, -0.1) is 0 Å². The number of carbonyl (C=O) groups is 1. The molecule has 0 aliphatic rings. The summed E-state index contributed by atoms with van der Waals surface area (Å²) in [4.78, 5) is 13.5. The molecule has 0 aliphatic carbocycles. The predicted octanol–water partition coefficient (Wildman–Crippen LogP) is 2.98. The molecule has 0 saturated carbocycles. The Hall–Kier alpha value is -1.38. The molecule has 0 bridgehead atoms. The van der Waals surface area contributed by atoms with Crippen LogP contribution in [0.15, 0.2) is 16.8 Å². The molecule has 0 radical (unpaired) electrons. The third-order valence-corrected chi connectivity index (χ3v) is 3.47. The third-order valence-electron chi connectivity index (χ3n) is 2.77. The molecule has 1 atom stereocenters. The summed E-state index contributed by atoms with van der Waals surface area (Å²) in [6.07, 6.45) is 1.28. The zero-order chi connectivity index (χ0) is 14.1. The number of hydrogen-bond acceptors (Lipinski definition) is 5. The molecule has 0 aromatic carbocycles. The highest BCUT2D eigenvalue weighted by Crippen LogP contribution is 2.22. The van der Waals surface area contributed by atoms with Crippen LogP contribution in [0.2, 0.25) is 0 Å². The van der Waals surface area contributed by atoms with Crippen molar-refractivity contribution in [2.45, 2.75) is 32.7 Å². The number of nitriles is 1. The normalized spacial score (nSPS) is 12.1. The van der Waals surface area contributed by atoms with Crippen LogP contribution in [0.1, 0.15) is 38.3 Å². The van der Waals surface area contributed by atoms with Gasteiger partial charge in [0, 0.05) is 6.54 Å². The van der Waals surface area contributed by atoms with E-state index >= 15 is 0 Å². The average molecular weight is 280 g/mol. The number of ether oxygens (including phenoxy) is 1. The third kappa shape index (κ3) is 5.01. The summed E-state index contributed by atoms with van der Waals surface area (Å²) in [6, 6.07) is 4.01. The van der Waals surface area contributed by atoms with E-state index in [4.69, 9.17) is 4.74 Å². The van der Waals surface area contributed by atoms with Gasteiger partial charge in [0.05, 0.1) is 19.1 Å². The summed E-state index contributed by atoms with van der Waals surface area (Å²) in [5, 5.41) is 13.3. The van der Waals surface area contributed by atoms with Crippen molar-refractivity contribution in [1.82, 2.24) is 4.90 Å². The average Bonchev–Trinajstić information content (AvgIpc) is 2.91. The Kier molecular flexibility index (Phi) is 7.16. The zero-order valence-electron chi connectivity index (χ0n) is 11.5. The maximum atomic E-state index is 11.4. The smallest absolute Gasteiger partial charge is 0.307 e. The minimum Gasteiger partial charge on any atom is -0.466 e. The Balaban J connectivity index is 2.65. The fraction of sp³-hybridized carbons (Fsp3) is 0.571.